The molecule has 0 aliphatic carbocycles. The highest BCUT2D eigenvalue weighted by atomic mass is 79.9. The van der Waals surface area contributed by atoms with E-state index in [9.17, 15) is 0 Å². The summed E-state index contributed by atoms with van der Waals surface area (Å²) in [6.07, 6.45) is 3.58. The number of ether oxygens (including phenoxy) is 1. The molecular weight excluding hydrogens is 398 g/mol. The van der Waals surface area contributed by atoms with Crippen LogP contribution in [0.15, 0.2) is 22.9 Å². The predicted octanol–water partition coefficient (Wildman–Crippen LogP) is 1.50. The smallest absolute Gasteiger partial charge is 0.225 e. The molecule has 26 heavy (non-hydrogen) atoms. The first kappa shape index (κ1) is 17.4. The Morgan fingerprint density at radius 1 is 0.846 bits per heavy atom. The van der Waals surface area contributed by atoms with Gasteiger partial charge in [0.25, 0.3) is 0 Å². The van der Waals surface area contributed by atoms with Gasteiger partial charge in [0.2, 0.25) is 5.95 Å². The number of nitrogens with zero attached hydrogens (tertiary/aromatic N) is 7. The number of anilines is 3. The third-order valence-corrected chi connectivity index (χ3v) is 5.05. The molecule has 0 bridgehead atoms. The quantitative estimate of drug-likeness (QED) is 0.740. The van der Waals surface area contributed by atoms with Gasteiger partial charge in [-0.2, -0.15) is 0 Å². The summed E-state index contributed by atoms with van der Waals surface area (Å²) in [5.74, 6) is 3.58. The Labute approximate surface area is 161 Å². The summed E-state index contributed by atoms with van der Waals surface area (Å²) < 4.78 is 6.34. The first-order valence-electron chi connectivity index (χ1n) is 8.85. The molecule has 0 radical (unpaired) electrons. The first-order chi connectivity index (χ1) is 12.7. The Morgan fingerprint density at radius 2 is 1.38 bits per heavy atom. The zero-order valence-electron chi connectivity index (χ0n) is 14.8. The van der Waals surface area contributed by atoms with E-state index in [2.05, 4.69) is 56.6 Å². The fourth-order valence-electron chi connectivity index (χ4n) is 3.26. The number of aryl methyl sites for hydroxylation is 1. The van der Waals surface area contributed by atoms with E-state index in [1.807, 2.05) is 6.92 Å². The maximum atomic E-state index is 5.44. The minimum Gasteiger partial charge on any atom is -0.378 e. The number of halogens is 1. The molecule has 9 heteroatoms. The van der Waals surface area contributed by atoms with Crippen LogP contribution in [0.2, 0.25) is 0 Å². The number of rotatable bonds is 3. The van der Waals surface area contributed by atoms with Gasteiger partial charge in [0, 0.05) is 57.7 Å². The van der Waals surface area contributed by atoms with Crippen LogP contribution in [0, 0.1) is 6.92 Å². The van der Waals surface area contributed by atoms with Gasteiger partial charge in [-0.15, -0.1) is 0 Å². The molecule has 138 valence electrons. The Hall–Kier alpha value is -2.00. The molecule has 0 unspecified atom stereocenters. The Kier molecular flexibility index (Phi) is 5.16. The van der Waals surface area contributed by atoms with Crippen LogP contribution in [-0.4, -0.2) is 72.4 Å². The summed E-state index contributed by atoms with van der Waals surface area (Å²) in [6, 6.07) is 2.10. The Balaban J connectivity index is 1.45. The van der Waals surface area contributed by atoms with E-state index >= 15 is 0 Å². The van der Waals surface area contributed by atoms with Gasteiger partial charge in [0.05, 0.1) is 17.7 Å². The number of hydrogen-bond acceptors (Lipinski definition) is 8. The first-order valence-corrected chi connectivity index (χ1v) is 9.64. The van der Waals surface area contributed by atoms with Crippen LogP contribution in [0.3, 0.4) is 0 Å². The lowest BCUT2D eigenvalue weighted by Crippen LogP contribution is -2.47. The fourth-order valence-corrected chi connectivity index (χ4v) is 3.46. The molecule has 0 N–H and O–H groups in total. The molecule has 4 heterocycles. The van der Waals surface area contributed by atoms with Gasteiger partial charge in [-0.3, -0.25) is 0 Å². The van der Waals surface area contributed by atoms with Gasteiger partial charge in [-0.1, -0.05) is 0 Å². The molecule has 2 aromatic rings. The van der Waals surface area contributed by atoms with Crippen molar-refractivity contribution in [3.05, 3.63) is 28.8 Å². The van der Waals surface area contributed by atoms with E-state index in [0.29, 0.717) is 0 Å². The van der Waals surface area contributed by atoms with Gasteiger partial charge >= 0.3 is 0 Å². The fraction of sp³-hybridized carbons (Fsp3) is 0.529. The molecule has 2 saturated heterocycles. The molecular formula is C17H22BrN7O. The van der Waals surface area contributed by atoms with Crippen LogP contribution in [0.1, 0.15) is 5.82 Å². The highest BCUT2D eigenvalue weighted by molar-refractivity contribution is 9.10. The van der Waals surface area contributed by atoms with Crippen molar-refractivity contribution in [2.75, 3.05) is 67.2 Å². The van der Waals surface area contributed by atoms with Gasteiger partial charge in [-0.05, 0) is 22.9 Å². The lowest BCUT2D eigenvalue weighted by molar-refractivity contribution is 0.122. The van der Waals surface area contributed by atoms with Crippen LogP contribution in [-0.2, 0) is 4.74 Å². The zero-order chi connectivity index (χ0) is 17.9. The molecule has 0 spiro atoms. The summed E-state index contributed by atoms with van der Waals surface area (Å²) in [4.78, 5) is 24.9. The normalized spacial score (nSPS) is 18.3. The summed E-state index contributed by atoms with van der Waals surface area (Å²) in [5.41, 5.74) is 0. The average molecular weight is 420 g/mol. The van der Waals surface area contributed by atoms with Crippen molar-refractivity contribution in [3.63, 3.8) is 0 Å². The number of morpholine rings is 1. The summed E-state index contributed by atoms with van der Waals surface area (Å²) in [6.45, 7) is 8.75. The summed E-state index contributed by atoms with van der Waals surface area (Å²) in [7, 11) is 0. The van der Waals surface area contributed by atoms with Crippen LogP contribution in [0.5, 0.6) is 0 Å². The second-order valence-corrected chi connectivity index (χ2v) is 7.32. The van der Waals surface area contributed by atoms with Crippen LogP contribution in [0.4, 0.5) is 17.6 Å². The van der Waals surface area contributed by atoms with Crippen LogP contribution < -0.4 is 14.7 Å². The molecule has 0 atom stereocenters. The van der Waals surface area contributed by atoms with Crippen LogP contribution in [0.25, 0.3) is 0 Å². The number of aromatic nitrogens is 4. The number of hydrogen-bond donors (Lipinski definition) is 0. The van der Waals surface area contributed by atoms with Gasteiger partial charge in [-0.25, -0.2) is 19.9 Å². The Bertz CT molecular complexity index is 743. The maximum Gasteiger partial charge on any atom is 0.225 e. The van der Waals surface area contributed by atoms with Crippen molar-refractivity contribution in [1.29, 1.82) is 0 Å². The van der Waals surface area contributed by atoms with Crippen molar-refractivity contribution in [2.45, 2.75) is 6.92 Å². The largest absolute Gasteiger partial charge is 0.378 e. The molecule has 2 aliphatic rings. The van der Waals surface area contributed by atoms with Gasteiger partial charge in [0.15, 0.2) is 0 Å². The summed E-state index contributed by atoms with van der Waals surface area (Å²) >= 11 is 3.38. The SMILES string of the molecule is Cc1nc(N2CCOCC2)cc(N2CCN(c3ncc(Br)cn3)CC2)n1. The van der Waals surface area contributed by atoms with Crippen LogP contribution >= 0.6 is 15.9 Å². The van der Waals surface area contributed by atoms with Crippen molar-refractivity contribution < 1.29 is 4.74 Å². The monoisotopic (exact) mass is 419 g/mol. The standard InChI is InChI=1S/C17H22BrN7O/c1-13-21-15(10-16(22-13)24-6-8-26-9-7-24)23-2-4-25(5-3-23)17-19-11-14(18)12-20-17/h10-12H,2-9H2,1H3. The number of piperazine rings is 1. The van der Waals surface area contributed by atoms with Crippen molar-refractivity contribution >= 4 is 33.5 Å². The van der Waals surface area contributed by atoms with E-state index in [4.69, 9.17) is 4.74 Å². The molecule has 0 aromatic carbocycles. The van der Waals surface area contributed by atoms with E-state index in [1.54, 1.807) is 12.4 Å². The third-order valence-electron chi connectivity index (χ3n) is 4.64. The molecule has 4 rings (SSSR count). The highest BCUT2D eigenvalue weighted by Crippen LogP contribution is 2.22. The third kappa shape index (κ3) is 3.88. The minimum absolute atomic E-state index is 0.754. The van der Waals surface area contributed by atoms with Gasteiger partial charge in [0.1, 0.15) is 17.5 Å². The molecule has 0 amide bonds. The zero-order valence-corrected chi connectivity index (χ0v) is 16.4. The van der Waals surface area contributed by atoms with Crippen molar-refractivity contribution in [3.8, 4) is 0 Å². The minimum atomic E-state index is 0.754. The molecule has 2 aromatic heterocycles. The van der Waals surface area contributed by atoms with E-state index in [0.717, 1.165) is 80.4 Å². The Morgan fingerprint density at radius 3 is 2.00 bits per heavy atom. The molecule has 2 fully saturated rings. The average Bonchev–Trinajstić information content (AvgIpc) is 2.69. The second kappa shape index (κ2) is 7.71. The maximum absolute atomic E-state index is 5.44. The van der Waals surface area contributed by atoms with Gasteiger partial charge < -0.3 is 19.4 Å². The van der Waals surface area contributed by atoms with E-state index in [1.165, 1.54) is 0 Å². The topological polar surface area (TPSA) is 70.5 Å². The molecule has 8 nitrogen and oxygen atoms in total. The molecule has 2 aliphatic heterocycles. The van der Waals surface area contributed by atoms with E-state index in [-0.39, 0.29) is 0 Å². The highest BCUT2D eigenvalue weighted by Gasteiger charge is 2.22. The molecule has 0 saturated carbocycles. The van der Waals surface area contributed by atoms with Crippen molar-refractivity contribution in [1.82, 2.24) is 19.9 Å². The van der Waals surface area contributed by atoms with E-state index < -0.39 is 0 Å². The van der Waals surface area contributed by atoms with Crippen molar-refractivity contribution in [2.24, 2.45) is 0 Å². The lowest BCUT2D eigenvalue weighted by atomic mass is 10.3. The lowest BCUT2D eigenvalue weighted by Gasteiger charge is -2.36. The second-order valence-electron chi connectivity index (χ2n) is 6.41. The predicted molar refractivity (Wildman–Crippen MR) is 104 cm³/mol. The summed E-state index contributed by atoms with van der Waals surface area (Å²) in [5, 5.41) is 0.